The molecule has 0 aromatic carbocycles. The Morgan fingerprint density at radius 1 is 1.53 bits per heavy atom. The number of amides is 1. The van der Waals surface area contributed by atoms with Crippen molar-refractivity contribution in [1.82, 2.24) is 4.90 Å². The van der Waals surface area contributed by atoms with Crippen molar-refractivity contribution in [2.45, 2.75) is 39.7 Å². The fourth-order valence-electron chi connectivity index (χ4n) is 2.77. The first kappa shape index (κ1) is 14.5. The molecular formula is C15H24N2OS. The lowest BCUT2D eigenvalue weighted by molar-refractivity contribution is -0.133. The van der Waals surface area contributed by atoms with Gasteiger partial charge in [0, 0.05) is 24.4 Å². The van der Waals surface area contributed by atoms with E-state index in [1.165, 1.54) is 10.4 Å². The van der Waals surface area contributed by atoms with Gasteiger partial charge in [0.2, 0.25) is 5.91 Å². The minimum absolute atomic E-state index is 0.271. The summed E-state index contributed by atoms with van der Waals surface area (Å²) in [6, 6.07) is 2.15. The fraction of sp³-hybridized carbons (Fsp3) is 0.667. The van der Waals surface area contributed by atoms with E-state index in [1.807, 2.05) is 16.2 Å². The zero-order valence-electron chi connectivity index (χ0n) is 11.9. The van der Waals surface area contributed by atoms with E-state index < -0.39 is 0 Å². The normalized spacial score (nSPS) is 16.5. The maximum absolute atomic E-state index is 12.4. The lowest BCUT2D eigenvalue weighted by atomic mass is 9.93. The number of thiophene rings is 1. The van der Waals surface area contributed by atoms with Gasteiger partial charge in [-0.3, -0.25) is 4.79 Å². The minimum Gasteiger partial charge on any atom is -0.338 e. The molecule has 1 atom stereocenters. The summed E-state index contributed by atoms with van der Waals surface area (Å²) in [5, 5.41) is 2.13. The average molecular weight is 280 g/mol. The standard InChI is InChI=1S/C15H24N2OS/c1-11(2)7-12(9-16)8-15(18)17-5-3-14-13(10-17)4-6-19-14/h4,6,11-12H,3,5,7-10,16H2,1-2H3. The zero-order chi connectivity index (χ0) is 13.8. The maximum atomic E-state index is 12.4. The van der Waals surface area contributed by atoms with Crippen molar-refractivity contribution in [3.8, 4) is 0 Å². The topological polar surface area (TPSA) is 46.3 Å². The van der Waals surface area contributed by atoms with E-state index in [0.29, 0.717) is 24.8 Å². The molecule has 0 radical (unpaired) electrons. The Morgan fingerprint density at radius 2 is 2.32 bits per heavy atom. The molecule has 19 heavy (non-hydrogen) atoms. The minimum atomic E-state index is 0.271. The number of rotatable bonds is 5. The van der Waals surface area contributed by atoms with Crippen LogP contribution in [0.25, 0.3) is 0 Å². The lowest BCUT2D eigenvalue weighted by Crippen LogP contribution is -2.37. The maximum Gasteiger partial charge on any atom is 0.223 e. The van der Waals surface area contributed by atoms with Crippen molar-refractivity contribution >= 4 is 17.2 Å². The Hall–Kier alpha value is -0.870. The highest BCUT2D eigenvalue weighted by Crippen LogP contribution is 2.25. The van der Waals surface area contributed by atoms with Crippen LogP contribution in [0.15, 0.2) is 11.4 Å². The monoisotopic (exact) mass is 280 g/mol. The van der Waals surface area contributed by atoms with Gasteiger partial charge >= 0.3 is 0 Å². The summed E-state index contributed by atoms with van der Waals surface area (Å²) < 4.78 is 0. The van der Waals surface area contributed by atoms with E-state index in [-0.39, 0.29) is 5.91 Å². The smallest absolute Gasteiger partial charge is 0.223 e. The predicted octanol–water partition coefficient (Wildman–Crippen LogP) is 2.64. The summed E-state index contributed by atoms with van der Waals surface area (Å²) in [5.41, 5.74) is 7.12. The van der Waals surface area contributed by atoms with Gasteiger partial charge in [0.05, 0.1) is 0 Å². The quantitative estimate of drug-likeness (QED) is 0.901. The Kier molecular flexibility index (Phi) is 4.99. The van der Waals surface area contributed by atoms with Gasteiger partial charge in [-0.1, -0.05) is 13.8 Å². The summed E-state index contributed by atoms with van der Waals surface area (Å²) in [6.07, 6.45) is 2.66. The van der Waals surface area contributed by atoms with E-state index in [2.05, 4.69) is 25.3 Å². The van der Waals surface area contributed by atoms with Crippen LogP contribution in [0, 0.1) is 11.8 Å². The summed E-state index contributed by atoms with van der Waals surface area (Å²) in [6.45, 7) is 6.64. The van der Waals surface area contributed by atoms with Crippen LogP contribution >= 0.6 is 11.3 Å². The van der Waals surface area contributed by atoms with Crippen LogP contribution in [0.4, 0.5) is 0 Å². The van der Waals surface area contributed by atoms with Gasteiger partial charge in [-0.2, -0.15) is 0 Å². The molecule has 0 fully saturated rings. The first-order valence-electron chi connectivity index (χ1n) is 7.13. The second-order valence-electron chi connectivity index (χ2n) is 5.87. The summed E-state index contributed by atoms with van der Waals surface area (Å²) in [4.78, 5) is 15.8. The number of nitrogens with zero attached hydrogens (tertiary/aromatic N) is 1. The molecule has 1 aliphatic rings. The van der Waals surface area contributed by atoms with Crippen LogP contribution in [0.1, 0.15) is 37.1 Å². The molecule has 1 aromatic heterocycles. The molecule has 106 valence electrons. The van der Waals surface area contributed by atoms with Crippen molar-refractivity contribution in [2.24, 2.45) is 17.6 Å². The van der Waals surface area contributed by atoms with Gasteiger partial charge < -0.3 is 10.6 Å². The van der Waals surface area contributed by atoms with Gasteiger partial charge in [-0.05, 0) is 48.2 Å². The van der Waals surface area contributed by atoms with Crippen molar-refractivity contribution in [3.05, 3.63) is 21.9 Å². The lowest BCUT2D eigenvalue weighted by Gasteiger charge is -2.28. The van der Waals surface area contributed by atoms with E-state index in [9.17, 15) is 4.79 Å². The first-order valence-corrected chi connectivity index (χ1v) is 8.01. The number of fused-ring (bicyclic) bond motifs is 1. The summed E-state index contributed by atoms with van der Waals surface area (Å²) in [5.74, 6) is 1.20. The second-order valence-corrected chi connectivity index (χ2v) is 6.87. The van der Waals surface area contributed by atoms with Gasteiger partial charge in [-0.15, -0.1) is 11.3 Å². The van der Waals surface area contributed by atoms with E-state index in [0.717, 1.165) is 25.9 Å². The SMILES string of the molecule is CC(C)CC(CN)CC(=O)N1CCc2sccc2C1. The van der Waals surface area contributed by atoms with Crippen LogP contribution in [0.3, 0.4) is 0 Å². The van der Waals surface area contributed by atoms with Crippen LogP contribution in [0.2, 0.25) is 0 Å². The zero-order valence-corrected chi connectivity index (χ0v) is 12.7. The molecule has 1 unspecified atom stereocenters. The van der Waals surface area contributed by atoms with Gasteiger partial charge in [0.25, 0.3) is 0 Å². The molecule has 2 N–H and O–H groups in total. The number of nitrogens with two attached hydrogens (primary N) is 1. The molecule has 1 amide bonds. The molecule has 0 spiro atoms. The van der Waals surface area contributed by atoms with Crippen molar-refractivity contribution in [2.75, 3.05) is 13.1 Å². The van der Waals surface area contributed by atoms with Crippen LogP contribution in [0.5, 0.6) is 0 Å². The van der Waals surface area contributed by atoms with Crippen molar-refractivity contribution < 1.29 is 4.79 Å². The van der Waals surface area contributed by atoms with E-state index in [4.69, 9.17) is 5.73 Å². The third kappa shape index (κ3) is 3.80. The van der Waals surface area contributed by atoms with Gasteiger partial charge in [0.15, 0.2) is 0 Å². The van der Waals surface area contributed by atoms with Crippen molar-refractivity contribution in [1.29, 1.82) is 0 Å². The molecule has 4 heteroatoms. The number of carbonyl (C=O) groups is 1. The summed E-state index contributed by atoms with van der Waals surface area (Å²) >= 11 is 1.81. The fourth-order valence-corrected chi connectivity index (χ4v) is 3.66. The summed E-state index contributed by atoms with van der Waals surface area (Å²) in [7, 11) is 0. The molecule has 3 nitrogen and oxygen atoms in total. The predicted molar refractivity (Wildman–Crippen MR) is 80.1 cm³/mol. The molecular weight excluding hydrogens is 256 g/mol. The average Bonchev–Trinajstić information content (AvgIpc) is 2.84. The molecule has 0 saturated carbocycles. The van der Waals surface area contributed by atoms with Gasteiger partial charge in [0.1, 0.15) is 0 Å². The van der Waals surface area contributed by atoms with Crippen LogP contribution in [-0.2, 0) is 17.8 Å². The molecule has 1 aliphatic heterocycles. The molecule has 2 heterocycles. The third-order valence-corrected chi connectivity index (χ3v) is 4.78. The first-order chi connectivity index (χ1) is 9.10. The third-order valence-electron chi connectivity index (χ3n) is 3.76. The van der Waals surface area contributed by atoms with E-state index in [1.54, 1.807) is 0 Å². The van der Waals surface area contributed by atoms with E-state index >= 15 is 0 Å². The number of hydrogen-bond acceptors (Lipinski definition) is 3. The molecule has 0 bridgehead atoms. The molecule has 0 saturated heterocycles. The highest BCUT2D eigenvalue weighted by atomic mass is 32.1. The Balaban J connectivity index is 1.90. The highest BCUT2D eigenvalue weighted by molar-refractivity contribution is 7.10. The Bertz CT molecular complexity index is 428. The Labute approximate surface area is 119 Å². The molecule has 0 aliphatic carbocycles. The largest absolute Gasteiger partial charge is 0.338 e. The highest BCUT2D eigenvalue weighted by Gasteiger charge is 2.23. The number of hydrogen-bond donors (Lipinski definition) is 1. The number of carbonyl (C=O) groups excluding carboxylic acids is 1. The van der Waals surface area contributed by atoms with Gasteiger partial charge in [-0.25, -0.2) is 0 Å². The van der Waals surface area contributed by atoms with Crippen LogP contribution in [-0.4, -0.2) is 23.9 Å². The molecule has 1 aromatic rings. The Morgan fingerprint density at radius 3 is 3.00 bits per heavy atom. The van der Waals surface area contributed by atoms with Crippen LogP contribution < -0.4 is 5.73 Å². The second kappa shape index (κ2) is 6.53. The van der Waals surface area contributed by atoms with Crippen molar-refractivity contribution in [3.63, 3.8) is 0 Å². The molecule has 2 rings (SSSR count).